The van der Waals surface area contributed by atoms with Gasteiger partial charge in [0.1, 0.15) is 11.5 Å². The van der Waals surface area contributed by atoms with E-state index >= 15 is 0 Å². The first-order valence-corrected chi connectivity index (χ1v) is 10.6. The maximum Gasteiger partial charge on any atom is 0.347 e. The third kappa shape index (κ3) is 4.42. The van der Waals surface area contributed by atoms with Crippen LogP contribution in [0.15, 0.2) is 54.7 Å². The minimum atomic E-state index is -0.378. The molecule has 0 saturated heterocycles. The van der Waals surface area contributed by atoms with Crippen LogP contribution in [0.2, 0.25) is 0 Å². The zero-order valence-electron chi connectivity index (χ0n) is 18.9. The Morgan fingerprint density at radius 2 is 1.84 bits per heavy atom. The van der Waals surface area contributed by atoms with Crippen molar-refractivity contribution < 1.29 is 14.7 Å². The lowest BCUT2D eigenvalue weighted by Crippen LogP contribution is -2.42. The number of nitrogens with one attached hydrogen (secondary N) is 2. The lowest BCUT2D eigenvalue weighted by atomic mass is 9.98. The van der Waals surface area contributed by atoms with Gasteiger partial charge in [-0.1, -0.05) is 31.2 Å². The number of nitrogens with zero attached hydrogens (tertiary/aromatic N) is 3. The summed E-state index contributed by atoms with van der Waals surface area (Å²) in [6.45, 7) is 4.94. The summed E-state index contributed by atoms with van der Waals surface area (Å²) in [6, 6.07) is 15.4. The normalized spacial score (nSPS) is 12.8. The highest BCUT2D eigenvalue weighted by Crippen LogP contribution is 2.36. The van der Waals surface area contributed by atoms with Gasteiger partial charge in [0.2, 0.25) is 0 Å². The van der Waals surface area contributed by atoms with Crippen LogP contribution in [0, 0.1) is 5.41 Å². The maximum atomic E-state index is 12.6. The number of hydrogen-bond acceptors (Lipinski definition) is 5. The van der Waals surface area contributed by atoms with Gasteiger partial charge < -0.3 is 4.74 Å². The molecule has 3 aromatic rings. The van der Waals surface area contributed by atoms with E-state index < -0.39 is 0 Å². The fraction of sp³-hybridized carbons (Fsp3) is 0.292. The standard InChI is InChI=1S/C24H30N5O3/c1-5-15-29(4,23-21(16-28(3)26-23)24(30)32-6-2)18-13-11-17(12-14-18)19-9-7-8-10-20(19)22(25)27-31/h7-14,16,31H,5-6,15H2,1-4H3,(H2,25,27)/q+1. The number of quaternary nitrogens is 1. The molecule has 0 aliphatic heterocycles. The molecule has 168 valence electrons. The Morgan fingerprint density at radius 3 is 2.47 bits per heavy atom. The number of carbonyl (C=O) groups is 1. The van der Waals surface area contributed by atoms with E-state index in [-0.39, 0.29) is 11.8 Å². The summed E-state index contributed by atoms with van der Waals surface area (Å²) in [5.41, 5.74) is 5.71. The molecule has 8 heteroatoms. The third-order valence-corrected chi connectivity index (χ3v) is 5.50. The van der Waals surface area contributed by atoms with Crippen molar-refractivity contribution in [3.8, 4) is 11.1 Å². The summed E-state index contributed by atoms with van der Waals surface area (Å²) >= 11 is 0. The van der Waals surface area contributed by atoms with Crippen LogP contribution in [0.5, 0.6) is 0 Å². The van der Waals surface area contributed by atoms with E-state index in [2.05, 4.69) is 12.0 Å². The van der Waals surface area contributed by atoms with Gasteiger partial charge in [0.05, 0.1) is 20.2 Å². The molecule has 8 nitrogen and oxygen atoms in total. The molecular formula is C24H30N5O3+. The molecule has 1 heterocycles. The number of rotatable bonds is 8. The number of hydrogen-bond donors (Lipinski definition) is 3. The highest BCUT2D eigenvalue weighted by Gasteiger charge is 2.36. The molecule has 0 aliphatic carbocycles. The van der Waals surface area contributed by atoms with E-state index in [1.54, 1.807) is 30.9 Å². The molecular weight excluding hydrogens is 406 g/mol. The first-order valence-electron chi connectivity index (χ1n) is 10.6. The Hall–Kier alpha value is -3.49. The first kappa shape index (κ1) is 23.2. The molecule has 0 aliphatic rings. The molecule has 0 saturated carbocycles. The molecule has 1 atom stereocenters. The molecule has 0 amide bonds. The average molecular weight is 437 g/mol. The third-order valence-electron chi connectivity index (χ3n) is 5.50. The predicted molar refractivity (Wildman–Crippen MR) is 125 cm³/mol. The van der Waals surface area contributed by atoms with E-state index in [0.717, 1.165) is 29.8 Å². The van der Waals surface area contributed by atoms with Crippen molar-refractivity contribution in [1.82, 2.24) is 19.7 Å². The number of benzene rings is 2. The van der Waals surface area contributed by atoms with Gasteiger partial charge in [-0.3, -0.25) is 20.8 Å². The van der Waals surface area contributed by atoms with Crippen molar-refractivity contribution in [2.75, 3.05) is 20.2 Å². The second-order valence-electron chi connectivity index (χ2n) is 7.75. The Kier molecular flexibility index (Phi) is 7.07. The molecule has 2 aromatic carbocycles. The van der Waals surface area contributed by atoms with Crippen LogP contribution in [0.25, 0.3) is 11.1 Å². The lowest BCUT2D eigenvalue weighted by Gasteiger charge is -2.31. The van der Waals surface area contributed by atoms with E-state index in [1.807, 2.05) is 55.0 Å². The fourth-order valence-corrected chi connectivity index (χ4v) is 3.98. The predicted octanol–water partition coefficient (Wildman–Crippen LogP) is 4.25. The van der Waals surface area contributed by atoms with Crippen LogP contribution >= 0.6 is 0 Å². The molecule has 32 heavy (non-hydrogen) atoms. The Bertz CT molecular complexity index is 1110. The highest BCUT2D eigenvalue weighted by molar-refractivity contribution is 6.02. The zero-order valence-corrected chi connectivity index (χ0v) is 18.9. The monoisotopic (exact) mass is 436 g/mol. The smallest absolute Gasteiger partial charge is 0.347 e. The zero-order chi connectivity index (χ0) is 23.3. The molecule has 3 N–H and O–H groups in total. The van der Waals surface area contributed by atoms with E-state index in [0.29, 0.717) is 28.0 Å². The van der Waals surface area contributed by atoms with Crippen molar-refractivity contribution in [2.24, 2.45) is 7.05 Å². The molecule has 1 unspecified atom stereocenters. The van der Waals surface area contributed by atoms with Crippen LogP contribution in [-0.2, 0) is 11.8 Å². The summed E-state index contributed by atoms with van der Waals surface area (Å²) in [7, 11) is 3.84. The van der Waals surface area contributed by atoms with Crippen LogP contribution in [-0.4, -0.2) is 47.0 Å². The molecule has 1 aromatic heterocycles. The van der Waals surface area contributed by atoms with Crippen molar-refractivity contribution in [3.63, 3.8) is 0 Å². The number of hydroxylamine groups is 1. The SMILES string of the molecule is CCC[N+](C)(c1ccc(-c2ccccc2C(=N)NO)cc1)c1nn(C)cc1C(=O)OCC. The Balaban J connectivity index is 2.07. The van der Waals surface area contributed by atoms with Gasteiger partial charge >= 0.3 is 5.97 Å². The van der Waals surface area contributed by atoms with Crippen LogP contribution in [0.3, 0.4) is 0 Å². The molecule has 0 spiro atoms. The van der Waals surface area contributed by atoms with Crippen molar-refractivity contribution in [1.29, 1.82) is 5.41 Å². The van der Waals surface area contributed by atoms with Gasteiger partial charge in [-0.2, -0.15) is 0 Å². The maximum absolute atomic E-state index is 12.6. The second kappa shape index (κ2) is 9.76. The number of carbonyl (C=O) groups excluding carboxylic acids is 1. The van der Waals surface area contributed by atoms with Crippen molar-refractivity contribution >= 4 is 23.3 Å². The van der Waals surface area contributed by atoms with Crippen molar-refractivity contribution in [3.05, 3.63) is 65.9 Å². The summed E-state index contributed by atoms with van der Waals surface area (Å²) < 4.78 is 7.26. The van der Waals surface area contributed by atoms with Crippen LogP contribution < -0.4 is 9.96 Å². The number of esters is 1. The lowest BCUT2D eigenvalue weighted by molar-refractivity contribution is 0.0525. The fourth-order valence-electron chi connectivity index (χ4n) is 3.98. The first-order chi connectivity index (χ1) is 15.3. The molecule has 0 bridgehead atoms. The van der Waals surface area contributed by atoms with Gasteiger partial charge in [0.25, 0.3) is 5.82 Å². The van der Waals surface area contributed by atoms with E-state index in [9.17, 15) is 10.0 Å². The second-order valence-corrected chi connectivity index (χ2v) is 7.75. The topological polar surface area (TPSA) is 100 Å². The number of amidine groups is 1. The van der Waals surface area contributed by atoms with Gasteiger partial charge in [0, 0.05) is 30.9 Å². The number of aryl methyl sites for hydroxylation is 1. The minimum Gasteiger partial charge on any atom is -0.462 e. The largest absolute Gasteiger partial charge is 0.462 e. The Morgan fingerprint density at radius 1 is 1.16 bits per heavy atom. The molecule has 3 rings (SSSR count). The molecule has 0 fully saturated rings. The van der Waals surface area contributed by atoms with Gasteiger partial charge in [-0.25, -0.2) is 9.28 Å². The van der Waals surface area contributed by atoms with Gasteiger partial charge in [-0.15, -0.1) is 5.10 Å². The van der Waals surface area contributed by atoms with Gasteiger partial charge in [0.15, 0.2) is 5.56 Å². The number of aromatic nitrogens is 2. The van der Waals surface area contributed by atoms with E-state index in [4.69, 9.17) is 10.1 Å². The Labute approximate surface area is 188 Å². The minimum absolute atomic E-state index is 0.0659. The van der Waals surface area contributed by atoms with Gasteiger partial charge in [-0.05, 0) is 36.6 Å². The summed E-state index contributed by atoms with van der Waals surface area (Å²) in [4.78, 5) is 12.6. The highest BCUT2D eigenvalue weighted by atomic mass is 16.5. The van der Waals surface area contributed by atoms with E-state index in [1.165, 1.54) is 0 Å². The summed E-state index contributed by atoms with van der Waals surface area (Å²) in [6.07, 6.45) is 2.59. The summed E-state index contributed by atoms with van der Waals surface area (Å²) in [5, 5.41) is 21.8. The average Bonchev–Trinajstić information content (AvgIpc) is 3.21. The summed E-state index contributed by atoms with van der Waals surface area (Å²) in [5.74, 6) is 0.202. The van der Waals surface area contributed by atoms with Crippen LogP contribution in [0.1, 0.15) is 36.2 Å². The van der Waals surface area contributed by atoms with Crippen molar-refractivity contribution in [2.45, 2.75) is 20.3 Å². The molecule has 0 radical (unpaired) electrons. The quantitative estimate of drug-likeness (QED) is 0.161. The number of ether oxygens (including phenoxy) is 1. The van der Waals surface area contributed by atoms with Crippen LogP contribution in [0.4, 0.5) is 11.5 Å².